The summed E-state index contributed by atoms with van der Waals surface area (Å²) in [6, 6.07) is 0.198. The van der Waals surface area contributed by atoms with Crippen LogP contribution in [0.1, 0.15) is 40.5 Å². The van der Waals surface area contributed by atoms with E-state index in [1.165, 1.54) is 6.42 Å². The summed E-state index contributed by atoms with van der Waals surface area (Å²) in [5.41, 5.74) is -0.390. The summed E-state index contributed by atoms with van der Waals surface area (Å²) in [4.78, 5) is 4.67. The predicted octanol–water partition coefficient (Wildman–Crippen LogP) is 1.58. The molecule has 20 heavy (non-hydrogen) atoms. The molecule has 0 aromatic heterocycles. The quantitative estimate of drug-likeness (QED) is 0.835. The fourth-order valence-electron chi connectivity index (χ4n) is 4.08. The lowest BCUT2D eigenvalue weighted by atomic mass is 9.80. The molecule has 0 saturated carbocycles. The Bertz CT molecular complexity index is 343. The lowest BCUT2D eigenvalue weighted by Crippen LogP contribution is -2.52. The first kappa shape index (κ1) is 16.2. The first-order valence-electron chi connectivity index (χ1n) is 7.89. The Morgan fingerprint density at radius 2 is 1.80 bits per heavy atom. The number of nitrogens with zero attached hydrogens (tertiary/aromatic N) is 2. The fraction of sp³-hybridized carbons (Fsp3) is 1.00. The first-order valence-corrected chi connectivity index (χ1v) is 7.89. The van der Waals surface area contributed by atoms with Crippen LogP contribution in [-0.4, -0.2) is 72.0 Å². The highest BCUT2D eigenvalue weighted by Crippen LogP contribution is 2.44. The van der Waals surface area contributed by atoms with Gasteiger partial charge in [-0.3, -0.25) is 4.90 Å². The van der Waals surface area contributed by atoms with Crippen LogP contribution >= 0.6 is 0 Å². The molecule has 4 heteroatoms. The zero-order valence-electron chi connectivity index (χ0n) is 14.0. The fourth-order valence-corrected chi connectivity index (χ4v) is 4.08. The van der Waals surface area contributed by atoms with Crippen LogP contribution in [-0.2, 0) is 4.74 Å². The van der Waals surface area contributed by atoms with E-state index in [4.69, 9.17) is 4.74 Å². The van der Waals surface area contributed by atoms with Crippen molar-refractivity contribution in [3.63, 3.8) is 0 Å². The van der Waals surface area contributed by atoms with Crippen molar-refractivity contribution in [2.75, 3.05) is 33.7 Å². The molecule has 0 radical (unpaired) electrons. The zero-order chi connectivity index (χ0) is 15.1. The van der Waals surface area contributed by atoms with Crippen LogP contribution < -0.4 is 0 Å². The van der Waals surface area contributed by atoms with Crippen LogP contribution in [0.25, 0.3) is 0 Å². The van der Waals surface area contributed by atoms with Gasteiger partial charge in [0.2, 0.25) is 0 Å². The van der Waals surface area contributed by atoms with Gasteiger partial charge in [-0.05, 0) is 67.7 Å². The van der Waals surface area contributed by atoms with E-state index in [2.05, 4.69) is 51.6 Å². The molecule has 1 N–H and O–H groups in total. The molecule has 2 aliphatic heterocycles. The van der Waals surface area contributed by atoms with Crippen molar-refractivity contribution in [1.29, 1.82) is 0 Å². The first-order chi connectivity index (χ1) is 9.12. The van der Waals surface area contributed by atoms with Crippen molar-refractivity contribution >= 4 is 0 Å². The van der Waals surface area contributed by atoms with Crippen molar-refractivity contribution in [2.24, 2.45) is 5.92 Å². The highest BCUT2D eigenvalue weighted by Gasteiger charge is 2.51. The van der Waals surface area contributed by atoms with Gasteiger partial charge < -0.3 is 14.7 Å². The standard InChI is InChI=1S/C16H32N2O2/c1-15(2)10-12(16(3,4)20-15)14(19)13-11-17(5)8-7-9-18(13)6/h12-14,19H,7-11H2,1-6H3. The van der Waals surface area contributed by atoms with Gasteiger partial charge in [-0.25, -0.2) is 0 Å². The summed E-state index contributed by atoms with van der Waals surface area (Å²) in [5.74, 6) is 0.191. The molecule has 0 amide bonds. The topological polar surface area (TPSA) is 35.9 Å². The van der Waals surface area contributed by atoms with Gasteiger partial charge in [0.05, 0.1) is 17.3 Å². The zero-order valence-corrected chi connectivity index (χ0v) is 14.0. The van der Waals surface area contributed by atoms with Crippen LogP contribution in [0.2, 0.25) is 0 Å². The Kier molecular flexibility index (Phi) is 4.51. The second kappa shape index (κ2) is 5.56. The molecule has 2 saturated heterocycles. The normalized spacial score (nSPS) is 36.8. The van der Waals surface area contributed by atoms with Crippen molar-refractivity contribution < 1.29 is 9.84 Å². The number of aliphatic hydroxyl groups is 1. The lowest BCUT2D eigenvalue weighted by molar-refractivity contribution is -0.0963. The van der Waals surface area contributed by atoms with Crippen LogP contribution in [0.15, 0.2) is 0 Å². The third-order valence-corrected chi connectivity index (χ3v) is 5.07. The molecule has 3 atom stereocenters. The van der Waals surface area contributed by atoms with Gasteiger partial charge in [0.15, 0.2) is 0 Å². The Balaban J connectivity index is 2.15. The summed E-state index contributed by atoms with van der Waals surface area (Å²) >= 11 is 0. The van der Waals surface area contributed by atoms with E-state index in [1.54, 1.807) is 0 Å². The Labute approximate surface area is 124 Å². The number of likely N-dealkylation sites (N-methyl/N-ethyl adjacent to an activating group) is 2. The largest absolute Gasteiger partial charge is 0.391 e. The van der Waals surface area contributed by atoms with Gasteiger partial charge in [-0.2, -0.15) is 0 Å². The molecule has 4 nitrogen and oxygen atoms in total. The van der Waals surface area contributed by atoms with E-state index in [-0.39, 0.29) is 29.3 Å². The van der Waals surface area contributed by atoms with Gasteiger partial charge in [-0.15, -0.1) is 0 Å². The van der Waals surface area contributed by atoms with Crippen LogP contribution in [0.3, 0.4) is 0 Å². The molecular weight excluding hydrogens is 252 g/mol. The molecule has 0 aromatic rings. The third-order valence-electron chi connectivity index (χ3n) is 5.07. The van der Waals surface area contributed by atoms with Gasteiger partial charge in [0.1, 0.15) is 0 Å². The van der Waals surface area contributed by atoms with Crippen molar-refractivity contribution in [3.05, 3.63) is 0 Å². The number of hydrogen-bond acceptors (Lipinski definition) is 4. The minimum absolute atomic E-state index is 0.135. The smallest absolute Gasteiger partial charge is 0.0764 e. The lowest BCUT2D eigenvalue weighted by Gasteiger charge is -2.38. The Morgan fingerprint density at radius 3 is 2.35 bits per heavy atom. The third kappa shape index (κ3) is 3.35. The van der Waals surface area contributed by atoms with Crippen LogP contribution in [0, 0.1) is 5.92 Å². The Hall–Kier alpha value is -0.160. The molecule has 0 spiro atoms. The average Bonchev–Trinajstić information content (AvgIpc) is 2.43. The number of hydrogen-bond donors (Lipinski definition) is 1. The SMILES string of the molecule is CN1CCCN(C)C(C(O)C2CC(C)(C)OC2(C)C)C1. The minimum atomic E-state index is -0.336. The van der Waals surface area contributed by atoms with E-state index in [1.807, 2.05) is 0 Å². The monoisotopic (exact) mass is 284 g/mol. The number of ether oxygens (including phenoxy) is 1. The summed E-state index contributed by atoms with van der Waals surface area (Å²) in [7, 11) is 4.29. The Morgan fingerprint density at radius 1 is 1.15 bits per heavy atom. The highest BCUT2D eigenvalue weighted by molar-refractivity contribution is 5.01. The maximum atomic E-state index is 11.0. The van der Waals surface area contributed by atoms with E-state index in [9.17, 15) is 5.11 Å². The van der Waals surface area contributed by atoms with Gasteiger partial charge >= 0.3 is 0 Å². The molecular formula is C16H32N2O2. The number of rotatable bonds is 2. The molecule has 3 unspecified atom stereocenters. The minimum Gasteiger partial charge on any atom is -0.391 e. The van der Waals surface area contributed by atoms with Crippen molar-refractivity contribution in [3.8, 4) is 0 Å². The van der Waals surface area contributed by atoms with E-state index in [0.717, 1.165) is 26.1 Å². The summed E-state index contributed by atoms with van der Waals surface area (Å²) in [6.45, 7) is 11.6. The predicted molar refractivity (Wildman–Crippen MR) is 81.9 cm³/mol. The molecule has 2 fully saturated rings. The van der Waals surface area contributed by atoms with Crippen LogP contribution in [0.4, 0.5) is 0 Å². The molecule has 2 rings (SSSR count). The molecule has 118 valence electrons. The van der Waals surface area contributed by atoms with Crippen LogP contribution in [0.5, 0.6) is 0 Å². The molecule has 2 heterocycles. The maximum absolute atomic E-state index is 11.0. The van der Waals surface area contributed by atoms with E-state index >= 15 is 0 Å². The van der Waals surface area contributed by atoms with E-state index in [0.29, 0.717) is 0 Å². The van der Waals surface area contributed by atoms with E-state index < -0.39 is 0 Å². The second-order valence-corrected chi connectivity index (χ2v) is 7.93. The van der Waals surface area contributed by atoms with Gasteiger partial charge in [0.25, 0.3) is 0 Å². The van der Waals surface area contributed by atoms with Crippen molar-refractivity contribution in [2.45, 2.75) is 63.9 Å². The summed E-state index contributed by atoms with van der Waals surface area (Å²) in [6.07, 6.45) is 1.76. The van der Waals surface area contributed by atoms with Gasteiger partial charge in [-0.1, -0.05) is 0 Å². The molecule has 2 aliphatic rings. The second-order valence-electron chi connectivity index (χ2n) is 7.93. The molecule has 0 bridgehead atoms. The van der Waals surface area contributed by atoms with Gasteiger partial charge in [0, 0.05) is 18.5 Å². The number of aliphatic hydroxyl groups excluding tert-OH is 1. The summed E-state index contributed by atoms with van der Waals surface area (Å²) < 4.78 is 6.16. The maximum Gasteiger partial charge on any atom is 0.0764 e. The molecule has 0 aliphatic carbocycles. The average molecular weight is 284 g/mol. The molecule has 0 aromatic carbocycles. The highest BCUT2D eigenvalue weighted by atomic mass is 16.5. The summed E-state index contributed by atoms with van der Waals surface area (Å²) in [5, 5.41) is 11.0. The van der Waals surface area contributed by atoms with Crippen molar-refractivity contribution in [1.82, 2.24) is 9.80 Å².